The fourth-order valence-electron chi connectivity index (χ4n) is 4.29. The summed E-state index contributed by atoms with van der Waals surface area (Å²) in [5.41, 5.74) is -2.47. The van der Waals surface area contributed by atoms with E-state index >= 15 is 0 Å². The molecule has 0 aliphatic heterocycles. The number of amides is 4. The van der Waals surface area contributed by atoms with Gasteiger partial charge >= 0.3 is 12.1 Å². The van der Waals surface area contributed by atoms with E-state index in [-0.39, 0.29) is 5.69 Å². The molecule has 0 fully saturated rings. The van der Waals surface area contributed by atoms with E-state index in [4.69, 9.17) is 0 Å². The van der Waals surface area contributed by atoms with Gasteiger partial charge in [0.05, 0.1) is 32.6 Å². The summed E-state index contributed by atoms with van der Waals surface area (Å²) in [7, 11) is 0. The predicted molar refractivity (Wildman–Crippen MR) is 161 cm³/mol. The number of aromatic hydroxyl groups is 2. The summed E-state index contributed by atoms with van der Waals surface area (Å²) in [6.45, 7) is 3.29. The van der Waals surface area contributed by atoms with Gasteiger partial charge in [-0.2, -0.15) is 10.0 Å². The number of phenolic OH excluding ortho intramolecular Hbond substituents is 2. The first kappa shape index (κ1) is 32.1. The van der Waals surface area contributed by atoms with Crippen molar-refractivity contribution in [1.82, 2.24) is 0 Å². The Labute approximate surface area is 257 Å². The molecule has 0 saturated heterocycles. The lowest BCUT2D eigenvalue weighted by Gasteiger charge is -2.35. The van der Waals surface area contributed by atoms with E-state index in [1.165, 1.54) is 0 Å². The van der Waals surface area contributed by atoms with Crippen LogP contribution in [-0.4, -0.2) is 37.0 Å². The maximum Gasteiger partial charge on any atom is 0.346 e. The van der Waals surface area contributed by atoms with Crippen molar-refractivity contribution < 1.29 is 39.0 Å². The number of nitro groups is 3. The average Bonchev–Trinajstić information content (AvgIpc) is 2.99. The second kappa shape index (κ2) is 12.8. The molecule has 0 heterocycles. The first-order valence-electron chi connectivity index (χ1n) is 12.9. The lowest BCUT2D eigenvalue weighted by atomic mass is 10.1. The summed E-state index contributed by atoms with van der Waals surface area (Å²) >= 11 is 0. The van der Waals surface area contributed by atoms with Crippen LogP contribution in [0.4, 0.5) is 53.8 Å². The number of para-hydroxylation sites is 1. The number of rotatable bonds is 7. The van der Waals surface area contributed by atoms with Crippen LogP contribution >= 0.6 is 0 Å². The highest BCUT2D eigenvalue weighted by Gasteiger charge is 2.35. The molecule has 0 radical (unpaired) electrons. The van der Waals surface area contributed by atoms with Crippen molar-refractivity contribution in [1.29, 1.82) is 0 Å². The number of non-ortho nitro benzene ring substituents is 3. The Morgan fingerprint density at radius 3 is 1.52 bits per heavy atom. The Morgan fingerprint density at radius 1 is 0.674 bits per heavy atom. The molecule has 4 rings (SSSR count). The van der Waals surface area contributed by atoms with Crippen molar-refractivity contribution in [3.8, 4) is 11.5 Å². The van der Waals surface area contributed by atoms with E-state index in [9.17, 15) is 54.5 Å². The van der Waals surface area contributed by atoms with Crippen molar-refractivity contribution in [3.05, 3.63) is 120 Å². The minimum Gasteiger partial charge on any atom is -0.505 e. The van der Waals surface area contributed by atoms with Gasteiger partial charge in [-0.25, -0.2) is 14.0 Å². The number of phenols is 2. The van der Waals surface area contributed by atoms with Gasteiger partial charge in [0, 0.05) is 30.0 Å². The highest BCUT2D eigenvalue weighted by Crippen LogP contribution is 2.39. The number of nitrogens with zero attached hydrogens (tertiary/aromatic N) is 5. The number of anilines is 4. The molecule has 0 aliphatic carbocycles. The van der Waals surface area contributed by atoms with E-state index in [0.29, 0.717) is 45.4 Å². The van der Waals surface area contributed by atoms with Gasteiger partial charge in [0.2, 0.25) is 0 Å². The van der Waals surface area contributed by atoms with Crippen molar-refractivity contribution in [2.24, 2.45) is 0 Å². The van der Waals surface area contributed by atoms with Crippen molar-refractivity contribution in [3.63, 3.8) is 0 Å². The third-order valence-corrected chi connectivity index (χ3v) is 6.50. The van der Waals surface area contributed by atoms with E-state index in [1.54, 1.807) is 32.0 Å². The van der Waals surface area contributed by atoms with Gasteiger partial charge in [-0.3, -0.25) is 30.3 Å². The first-order valence-corrected chi connectivity index (χ1v) is 12.9. The van der Waals surface area contributed by atoms with Crippen LogP contribution in [0.15, 0.2) is 72.8 Å². The summed E-state index contributed by atoms with van der Waals surface area (Å²) < 4.78 is 14.7. The van der Waals surface area contributed by atoms with Gasteiger partial charge in [-0.05, 0) is 43.2 Å². The van der Waals surface area contributed by atoms with Crippen LogP contribution in [-0.2, 0) is 0 Å². The Hall–Kier alpha value is -6.85. The molecule has 0 unspecified atom stereocenters. The van der Waals surface area contributed by atoms with Gasteiger partial charge in [-0.15, -0.1) is 0 Å². The summed E-state index contributed by atoms with van der Waals surface area (Å²) in [6, 6.07) is 9.30. The summed E-state index contributed by atoms with van der Waals surface area (Å²) in [4.78, 5) is 59.4. The minimum absolute atomic E-state index is 0.247. The Kier molecular flexibility index (Phi) is 8.92. The van der Waals surface area contributed by atoms with Crippen LogP contribution in [0.5, 0.6) is 11.5 Å². The third kappa shape index (κ3) is 6.54. The molecular formula is C28H22FN7O10. The number of nitrogens with one attached hydrogen (secondary N) is 2. The molecule has 18 heteroatoms. The van der Waals surface area contributed by atoms with Crippen LogP contribution in [0, 0.1) is 50.0 Å². The number of carbonyl (C=O) groups is 2. The second-order valence-corrected chi connectivity index (χ2v) is 9.53. The van der Waals surface area contributed by atoms with Gasteiger partial charge in [-0.1, -0.05) is 18.2 Å². The number of halogens is 1. The highest BCUT2D eigenvalue weighted by atomic mass is 19.1. The number of hydrogen-bond donors (Lipinski definition) is 4. The molecule has 0 aliphatic rings. The standard InChI is InChI=1S/C28H22FN7O10/c1-15-4-3-5-16(2)26(15)31-28(40)33(23-11-8-19(36(45)46)14-25(23)38)32(22-10-7-18(35(43)44)13-24(22)37)27(39)30-21-12-17(34(41)42)6-9-20(21)29/h3-14,37-38H,1-2H3,(H,30,39)(H,31,40). The molecule has 0 saturated carbocycles. The van der Waals surface area contributed by atoms with E-state index in [1.807, 2.05) is 0 Å². The average molecular weight is 636 g/mol. The zero-order chi connectivity index (χ0) is 33.9. The lowest BCUT2D eigenvalue weighted by Crippen LogP contribution is -2.54. The van der Waals surface area contributed by atoms with E-state index < -0.39 is 78.3 Å². The number of urea groups is 2. The minimum atomic E-state index is -1.47. The van der Waals surface area contributed by atoms with Crippen molar-refractivity contribution >= 4 is 51.9 Å². The number of benzene rings is 4. The number of carbonyl (C=O) groups excluding carboxylic acids is 2. The van der Waals surface area contributed by atoms with Crippen LogP contribution in [0.3, 0.4) is 0 Å². The summed E-state index contributed by atoms with van der Waals surface area (Å²) in [5.74, 6) is -3.00. The molecule has 17 nitrogen and oxygen atoms in total. The predicted octanol–water partition coefficient (Wildman–Crippen LogP) is 6.27. The molecule has 0 bridgehead atoms. The molecule has 4 aromatic rings. The van der Waals surface area contributed by atoms with Gasteiger partial charge < -0.3 is 20.8 Å². The van der Waals surface area contributed by atoms with Gasteiger partial charge in [0.1, 0.15) is 28.7 Å². The van der Waals surface area contributed by atoms with E-state index in [0.717, 1.165) is 30.3 Å². The Bertz CT molecular complexity index is 1900. The Balaban J connectivity index is 1.97. The molecule has 4 aromatic carbocycles. The SMILES string of the molecule is Cc1cccc(C)c1NC(=O)N(c1ccc([N+](=O)[O-])cc1O)N(C(=O)Nc1cc([N+](=O)[O-])ccc1F)c1ccc([N+](=O)[O-])cc1O. The smallest absolute Gasteiger partial charge is 0.346 e. The molecular weight excluding hydrogens is 613 g/mol. The maximum absolute atomic E-state index is 14.7. The molecule has 0 atom stereocenters. The fraction of sp³-hybridized carbons (Fsp3) is 0.0714. The second-order valence-electron chi connectivity index (χ2n) is 9.53. The molecule has 4 amide bonds. The zero-order valence-electron chi connectivity index (χ0n) is 23.7. The molecule has 236 valence electrons. The first-order chi connectivity index (χ1) is 21.7. The van der Waals surface area contributed by atoms with Gasteiger partial charge in [0.25, 0.3) is 17.1 Å². The summed E-state index contributed by atoms with van der Waals surface area (Å²) in [5, 5.41) is 61.1. The molecule has 0 spiro atoms. The number of hydrazine groups is 1. The van der Waals surface area contributed by atoms with Crippen LogP contribution in [0.1, 0.15) is 11.1 Å². The van der Waals surface area contributed by atoms with Crippen LogP contribution in [0.2, 0.25) is 0 Å². The lowest BCUT2D eigenvalue weighted by molar-refractivity contribution is -0.385. The molecule has 46 heavy (non-hydrogen) atoms. The normalized spacial score (nSPS) is 10.5. The van der Waals surface area contributed by atoms with E-state index in [2.05, 4.69) is 10.6 Å². The topological polar surface area (TPSA) is 235 Å². The third-order valence-electron chi connectivity index (χ3n) is 6.50. The monoisotopic (exact) mass is 635 g/mol. The van der Waals surface area contributed by atoms with Gasteiger partial charge in [0.15, 0.2) is 0 Å². The summed E-state index contributed by atoms with van der Waals surface area (Å²) in [6.07, 6.45) is 0. The highest BCUT2D eigenvalue weighted by molar-refractivity contribution is 6.14. The van der Waals surface area contributed by atoms with Crippen molar-refractivity contribution in [2.75, 3.05) is 20.7 Å². The molecule has 4 N–H and O–H groups in total. The maximum atomic E-state index is 14.7. The number of aryl methyl sites for hydroxylation is 2. The quantitative estimate of drug-likeness (QED) is 0.131. The van der Waals surface area contributed by atoms with Crippen molar-refractivity contribution in [2.45, 2.75) is 13.8 Å². The number of hydrogen-bond acceptors (Lipinski definition) is 10. The Morgan fingerprint density at radius 2 is 1.09 bits per heavy atom. The van der Waals surface area contributed by atoms with Crippen LogP contribution < -0.4 is 20.7 Å². The number of nitro benzene ring substituents is 3. The zero-order valence-corrected chi connectivity index (χ0v) is 23.7. The fourth-order valence-corrected chi connectivity index (χ4v) is 4.29. The largest absolute Gasteiger partial charge is 0.505 e. The molecule has 0 aromatic heterocycles. The van der Waals surface area contributed by atoms with Crippen LogP contribution in [0.25, 0.3) is 0 Å².